The molecule has 15 heavy (non-hydrogen) atoms. The maximum absolute atomic E-state index is 11.7. The lowest BCUT2D eigenvalue weighted by molar-refractivity contribution is 0.739. The molecule has 0 saturated heterocycles. The van der Waals surface area contributed by atoms with Crippen LogP contribution in [-0.4, -0.2) is 14.5 Å². The van der Waals surface area contributed by atoms with Gasteiger partial charge in [-0.2, -0.15) is 0 Å². The van der Waals surface area contributed by atoms with Crippen molar-refractivity contribution in [1.29, 1.82) is 0 Å². The Morgan fingerprint density at radius 3 is 3.07 bits per heavy atom. The summed E-state index contributed by atoms with van der Waals surface area (Å²) < 4.78 is 0.940. The van der Waals surface area contributed by atoms with Gasteiger partial charge in [0, 0.05) is 6.20 Å². The van der Waals surface area contributed by atoms with Crippen molar-refractivity contribution in [3.63, 3.8) is 0 Å². The highest BCUT2D eigenvalue weighted by Gasteiger charge is 2.06. The molecule has 0 saturated carbocycles. The first kappa shape index (κ1) is 9.21. The molecule has 5 nitrogen and oxygen atoms in total. The smallest absolute Gasteiger partial charge is 0.305 e. The number of aromatic nitrogens is 3. The van der Waals surface area contributed by atoms with Gasteiger partial charge in [0.25, 0.3) is 5.56 Å². The van der Waals surface area contributed by atoms with Gasteiger partial charge >= 0.3 is 5.69 Å². The highest BCUT2D eigenvalue weighted by Crippen LogP contribution is 1.98. The molecule has 5 heteroatoms. The summed E-state index contributed by atoms with van der Waals surface area (Å²) in [6.45, 7) is -0.0549. The van der Waals surface area contributed by atoms with E-state index in [2.05, 4.69) is 15.9 Å². The Labute approximate surface area is 84.4 Å². The normalized spacial score (nSPS) is 10.1. The summed E-state index contributed by atoms with van der Waals surface area (Å²) >= 11 is 0. The van der Waals surface area contributed by atoms with E-state index in [-0.39, 0.29) is 12.1 Å². The molecule has 0 bridgehead atoms. The van der Waals surface area contributed by atoms with Crippen LogP contribution in [0.5, 0.6) is 0 Å². The lowest BCUT2D eigenvalue weighted by Crippen LogP contribution is -2.35. The van der Waals surface area contributed by atoms with Crippen molar-refractivity contribution >= 4 is 11.0 Å². The highest BCUT2D eigenvalue weighted by atomic mass is 16.2. The second-order valence-electron chi connectivity index (χ2n) is 2.93. The van der Waals surface area contributed by atoms with E-state index < -0.39 is 11.2 Å². The van der Waals surface area contributed by atoms with Gasteiger partial charge in [-0.1, -0.05) is 5.92 Å². The van der Waals surface area contributed by atoms with E-state index >= 15 is 0 Å². The predicted molar refractivity (Wildman–Crippen MR) is 55.5 cm³/mol. The van der Waals surface area contributed by atoms with E-state index in [4.69, 9.17) is 6.42 Å². The summed E-state index contributed by atoms with van der Waals surface area (Å²) in [5, 5.41) is 0. The number of hydrogen-bond acceptors (Lipinski definition) is 3. The number of pyridine rings is 1. The molecule has 0 aliphatic heterocycles. The van der Waals surface area contributed by atoms with Crippen LogP contribution in [0.2, 0.25) is 0 Å². The van der Waals surface area contributed by atoms with Crippen molar-refractivity contribution < 1.29 is 0 Å². The fraction of sp³-hybridized carbons (Fsp3) is 0.100. The van der Waals surface area contributed by atoms with Crippen molar-refractivity contribution in [3.05, 3.63) is 39.2 Å². The predicted octanol–water partition coefficient (Wildman–Crippen LogP) is -0.282. The summed E-state index contributed by atoms with van der Waals surface area (Å²) in [7, 11) is 0. The number of fused-ring (bicyclic) bond motifs is 1. The quantitative estimate of drug-likeness (QED) is 0.645. The number of aromatic amines is 1. The number of nitrogens with one attached hydrogen (secondary N) is 1. The van der Waals surface area contributed by atoms with E-state index in [1.807, 2.05) is 0 Å². The average molecular weight is 201 g/mol. The van der Waals surface area contributed by atoms with Gasteiger partial charge in [0.05, 0.1) is 12.1 Å². The fourth-order valence-corrected chi connectivity index (χ4v) is 1.31. The van der Waals surface area contributed by atoms with Crippen LogP contribution in [0.4, 0.5) is 0 Å². The molecule has 0 aromatic carbocycles. The number of rotatable bonds is 1. The largest absolute Gasteiger partial charge is 0.329 e. The van der Waals surface area contributed by atoms with Crippen LogP contribution in [0.25, 0.3) is 11.0 Å². The monoisotopic (exact) mass is 201 g/mol. The zero-order valence-electron chi connectivity index (χ0n) is 7.73. The fourth-order valence-electron chi connectivity index (χ4n) is 1.31. The third-order valence-electron chi connectivity index (χ3n) is 1.99. The second kappa shape index (κ2) is 3.42. The van der Waals surface area contributed by atoms with Crippen LogP contribution < -0.4 is 11.2 Å². The van der Waals surface area contributed by atoms with Gasteiger partial charge in [0.2, 0.25) is 0 Å². The van der Waals surface area contributed by atoms with E-state index in [0.717, 1.165) is 4.57 Å². The maximum Gasteiger partial charge on any atom is 0.329 e. The van der Waals surface area contributed by atoms with Crippen LogP contribution in [0.1, 0.15) is 0 Å². The SMILES string of the molecule is C#CCn1c(=O)[nH]c2cccnc2c1=O. The van der Waals surface area contributed by atoms with E-state index in [0.29, 0.717) is 5.52 Å². The van der Waals surface area contributed by atoms with Gasteiger partial charge in [0.1, 0.15) is 0 Å². The lowest BCUT2D eigenvalue weighted by atomic mass is 10.3. The molecule has 0 radical (unpaired) electrons. The molecule has 2 aromatic heterocycles. The van der Waals surface area contributed by atoms with Gasteiger partial charge in [-0.05, 0) is 12.1 Å². The minimum Gasteiger partial charge on any atom is -0.305 e. The molecule has 2 rings (SSSR count). The van der Waals surface area contributed by atoms with Gasteiger partial charge < -0.3 is 4.98 Å². The summed E-state index contributed by atoms with van der Waals surface area (Å²) in [5.41, 5.74) is -0.348. The van der Waals surface area contributed by atoms with Crippen LogP contribution >= 0.6 is 0 Å². The van der Waals surface area contributed by atoms with E-state index in [1.165, 1.54) is 6.20 Å². The third kappa shape index (κ3) is 1.42. The topological polar surface area (TPSA) is 67.8 Å². The molecule has 2 aromatic rings. The van der Waals surface area contributed by atoms with Gasteiger partial charge in [-0.15, -0.1) is 6.42 Å². The Hall–Kier alpha value is -2.35. The Balaban J connectivity index is 2.92. The zero-order chi connectivity index (χ0) is 10.8. The third-order valence-corrected chi connectivity index (χ3v) is 1.99. The van der Waals surface area contributed by atoms with Crippen LogP contribution in [-0.2, 0) is 6.54 Å². The first-order chi connectivity index (χ1) is 7.24. The second-order valence-corrected chi connectivity index (χ2v) is 2.93. The first-order valence-corrected chi connectivity index (χ1v) is 4.25. The molecule has 74 valence electrons. The van der Waals surface area contributed by atoms with E-state index in [9.17, 15) is 9.59 Å². The lowest BCUT2D eigenvalue weighted by Gasteiger charge is -2.00. The molecule has 1 N–H and O–H groups in total. The summed E-state index contributed by atoms with van der Waals surface area (Å²) in [6, 6.07) is 3.26. The molecule has 0 atom stereocenters. The van der Waals surface area contributed by atoms with Crippen LogP contribution in [0, 0.1) is 12.3 Å². The van der Waals surface area contributed by atoms with Gasteiger partial charge in [0.15, 0.2) is 5.52 Å². The molecule has 2 heterocycles. The van der Waals surface area contributed by atoms with Crippen molar-refractivity contribution in [1.82, 2.24) is 14.5 Å². The van der Waals surface area contributed by atoms with Crippen molar-refractivity contribution in [2.75, 3.05) is 0 Å². The number of H-pyrrole nitrogens is 1. The standard InChI is InChI=1S/C10H7N3O2/c1-2-6-13-9(14)8-7(12-10(13)15)4-3-5-11-8/h1,3-5H,6H2,(H,12,15). The van der Waals surface area contributed by atoms with Crippen LogP contribution in [0.3, 0.4) is 0 Å². The summed E-state index contributed by atoms with van der Waals surface area (Å²) in [4.78, 5) is 29.6. The Morgan fingerprint density at radius 2 is 2.33 bits per heavy atom. The van der Waals surface area contributed by atoms with Gasteiger partial charge in [-0.25, -0.2) is 14.3 Å². The molecule has 0 spiro atoms. The molecule has 0 amide bonds. The summed E-state index contributed by atoms with van der Waals surface area (Å²) in [5.74, 6) is 2.25. The Bertz CT molecular complexity index is 661. The molecule has 0 aliphatic rings. The number of terminal acetylenes is 1. The number of nitrogens with zero attached hydrogens (tertiary/aromatic N) is 2. The minimum atomic E-state index is -0.515. The Morgan fingerprint density at radius 1 is 1.53 bits per heavy atom. The highest BCUT2D eigenvalue weighted by molar-refractivity contribution is 5.71. The average Bonchev–Trinajstić information content (AvgIpc) is 2.24. The molecular weight excluding hydrogens is 194 g/mol. The zero-order valence-corrected chi connectivity index (χ0v) is 7.73. The van der Waals surface area contributed by atoms with Crippen molar-refractivity contribution in [2.24, 2.45) is 0 Å². The summed E-state index contributed by atoms with van der Waals surface area (Å²) in [6.07, 6.45) is 6.55. The van der Waals surface area contributed by atoms with Gasteiger partial charge in [-0.3, -0.25) is 4.79 Å². The molecule has 0 unspecified atom stereocenters. The number of hydrogen-bond donors (Lipinski definition) is 1. The van der Waals surface area contributed by atoms with E-state index in [1.54, 1.807) is 12.1 Å². The van der Waals surface area contributed by atoms with Crippen molar-refractivity contribution in [3.8, 4) is 12.3 Å². The first-order valence-electron chi connectivity index (χ1n) is 4.25. The molecule has 0 aliphatic carbocycles. The maximum atomic E-state index is 11.7. The molecule has 0 fully saturated rings. The van der Waals surface area contributed by atoms with Crippen molar-refractivity contribution in [2.45, 2.75) is 6.54 Å². The Kier molecular flexibility index (Phi) is 2.10. The molecular formula is C10H7N3O2. The minimum absolute atomic E-state index is 0.0549. The van der Waals surface area contributed by atoms with Crippen LogP contribution in [0.15, 0.2) is 27.9 Å².